The SMILES string of the molecule is CC(C)=CCCC1(C)C=Cc2c(O)c3c(c(CC=C(C)C)c2O1)OC12C(=CC4CC1C(C)(C)OC2(C/C=C(/C)C(=O)OCCCN1CCNCC1)C4=O)C3=O. The van der Waals surface area contributed by atoms with E-state index in [-0.39, 0.29) is 41.0 Å². The number of hydrogen-bond donors (Lipinski definition) is 2. The molecule has 1 saturated carbocycles. The minimum atomic E-state index is -1.59. The Labute approximate surface area is 325 Å². The molecule has 5 atom stereocenters. The highest BCUT2D eigenvalue weighted by Gasteiger charge is 2.81. The van der Waals surface area contributed by atoms with Gasteiger partial charge in [0.2, 0.25) is 0 Å². The molecule has 3 aliphatic carbocycles. The number of Topliss-reactive ketones (excluding diaryl/α,β-unsaturated/α-hetero) is 2. The molecule has 1 aromatic rings. The highest BCUT2D eigenvalue weighted by Crippen LogP contribution is 2.68. The van der Waals surface area contributed by atoms with Gasteiger partial charge in [-0.3, -0.25) is 9.59 Å². The number of phenolic OH excluding ortho intramolecular Hbond substituents is 1. The van der Waals surface area contributed by atoms with Gasteiger partial charge in [0.1, 0.15) is 28.4 Å². The number of carbonyl (C=O) groups is 3. The maximum Gasteiger partial charge on any atom is 0.333 e. The minimum Gasteiger partial charge on any atom is -0.506 e. The molecule has 4 aliphatic heterocycles. The fraction of sp³-hybridized carbons (Fsp3) is 0.578. The second-order valence-corrected chi connectivity index (χ2v) is 17.5. The van der Waals surface area contributed by atoms with E-state index in [0.717, 1.165) is 51.1 Å². The van der Waals surface area contributed by atoms with Crippen LogP contribution in [-0.2, 0) is 25.5 Å². The molecule has 2 N–H and O–H groups in total. The van der Waals surface area contributed by atoms with E-state index in [4.69, 9.17) is 18.9 Å². The van der Waals surface area contributed by atoms with Gasteiger partial charge in [0, 0.05) is 67.7 Å². The summed E-state index contributed by atoms with van der Waals surface area (Å²) in [5.41, 5.74) is -0.445. The molecule has 3 fully saturated rings. The lowest BCUT2D eigenvalue weighted by Gasteiger charge is -2.56. The van der Waals surface area contributed by atoms with Crippen LogP contribution in [0.25, 0.3) is 6.08 Å². The van der Waals surface area contributed by atoms with E-state index in [1.807, 2.05) is 46.8 Å². The lowest BCUT2D eigenvalue weighted by atomic mass is 9.51. The quantitative estimate of drug-likeness (QED) is 0.0999. The normalized spacial score (nSPS) is 30.0. The number of phenols is 1. The summed E-state index contributed by atoms with van der Waals surface area (Å²) in [4.78, 5) is 45.3. The second kappa shape index (κ2) is 14.5. The van der Waals surface area contributed by atoms with Gasteiger partial charge in [-0.05, 0) is 99.6 Å². The molecule has 1 aromatic carbocycles. The molecule has 10 nitrogen and oxygen atoms in total. The van der Waals surface area contributed by atoms with Crippen molar-refractivity contribution in [1.29, 1.82) is 0 Å². The zero-order valence-corrected chi connectivity index (χ0v) is 33.9. The Balaban J connectivity index is 1.27. The number of allylic oxidation sites excluding steroid dienone is 5. The lowest BCUT2D eigenvalue weighted by molar-refractivity contribution is -0.171. The van der Waals surface area contributed by atoms with Crippen molar-refractivity contribution in [2.75, 3.05) is 39.3 Å². The van der Waals surface area contributed by atoms with E-state index in [1.165, 1.54) is 5.57 Å². The van der Waals surface area contributed by atoms with Crippen LogP contribution in [0.15, 0.2) is 52.7 Å². The molecule has 7 aliphatic rings. The predicted octanol–water partition coefficient (Wildman–Crippen LogP) is 6.99. The third-order valence-electron chi connectivity index (χ3n) is 12.5. The molecular weight excluding hydrogens is 697 g/mol. The Morgan fingerprint density at radius 3 is 2.45 bits per heavy atom. The third kappa shape index (κ3) is 6.61. The number of ketones is 2. The van der Waals surface area contributed by atoms with Crippen molar-refractivity contribution >= 4 is 23.6 Å². The Morgan fingerprint density at radius 1 is 1.02 bits per heavy atom. The van der Waals surface area contributed by atoms with Gasteiger partial charge in [0.05, 0.1) is 17.8 Å². The van der Waals surface area contributed by atoms with Crippen LogP contribution in [0.2, 0.25) is 0 Å². The van der Waals surface area contributed by atoms with Crippen molar-refractivity contribution in [2.24, 2.45) is 11.8 Å². The smallest absolute Gasteiger partial charge is 0.333 e. The van der Waals surface area contributed by atoms with Gasteiger partial charge < -0.3 is 34.3 Å². The van der Waals surface area contributed by atoms with E-state index < -0.39 is 34.3 Å². The van der Waals surface area contributed by atoms with Crippen molar-refractivity contribution in [1.82, 2.24) is 10.2 Å². The number of fused-ring (bicyclic) bond motifs is 2. The van der Waals surface area contributed by atoms with Gasteiger partial charge in [-0.15, -0.1) is 0 Å². The molecule has 2 saturated heterocycles. The Hall–Kier alpha value is -3.99. The number of rotatable bonds is 12. The Bertz CT molecular complexity index is 1940. The molecule has 0 amide bonds. The van der Waals surface area contributed by atoms with Crippen molar-refractivity contribution in [3.8, 4) is 17.2 Å². The monoisotopic (exact) mass is 754 g/mol. The zero-order valence-electron chi connectivity index (χ0n) is 33.9. The molecule has 296 valence electrons. The minimum absolute atomic E-state index is 0.0197. The highest BCUT2D eigenvalue weighted by atomic mass is 16.6. The van der Waals surface area contributed by atoms with Gasteiger partial charge >= 0.3 is 5.97 Å². The summed E-state index contributed by atoms with van der Waals surface area (Å²) in [6, 6.07) is 0. The van der Waals surface area contributed by atoms with Crippen LogP contribution >= 0.6 is 0 Å². The van der Waals surface area contributed by atoms with Crippen molar-refractivity contribution in [3.63, 3.8) is 0 Å². The van der Waals surface area contributed by atoms with Crippen molar-refractivity contribution in [3.05, 3.63) is 69.4 Å². The van der Waals surface area contributed by atoms with E-state index >= 15 is 0 Å². The fourth-order valence-corrected chi connectivity index (χ4v) is 9.67. The average molecular weight is 755 g/mol. The van der Waals surface area contributed by atoms with Crippen molar-refractivity contribution < 1.29 is 38.4 Å². The highest BCUT2D eigenvalue weighted by molar-refractivity contribution is 6.19. The van der Waals surface area contributed by atoms with Gasteiger partial charge in [-0.2, -0.15) is 0 Å². The molecule has 4 heterocycles. The number of aromatic hydroxyl groups is 1. The zero-order chi connectivity index (χ0) is 39.5. The topological polar surface area (TPSA) is 124 Å². The largest absolute Gasteiger partial charge is 0.506 e. The number of carbonyl (C=O) groups excluding carboxylic acids is 3. The van der Waals surface area contributed by atoms with Crippen LogP contribution in [0, 0.1) is 11.8 Å². The van der Waals surface area contributed by atoms with E-state index in [2.05, 4.69) is 36.2 Å². The summed E-state index contributed by atoms with van der Waals surface area (Å²) in [6.45, 7) is 20.8. The van der Waals surface area contributed by atoms with Gasteiger partial charge in [0.25, 0.3) is 0 Å². The summed E-state index contributed by atoms with van der Waals surface area (Å²) in [5.74, 6) is -1.42. The number of benzene rings is 1. The first kappa shape index (κ1) is 39.3. The maximum absolute atomic E-state index is 15.0. The second-order valence-electron chi connectivity index (χ2n) is 17.5. The number of ether oxygens (including phenoxy) is 4. The third-order valence-corrected chi connectivity index (χ3v) is 12.5. The summed E-state index contributed by atoms with van der Waals surface area (Å²) in [6.07, 6.45) is 14.6. The lowest BCUT2D eigenvalue weighted by Crippen LogP contribution is -2.72. The summed E-state index contributed by atoms with van der Waals surface area (Å²) in [7, 11) is 0. The molecule has 5 unspecified atom stereocenters. The van der Waals surface area contributed by atoms with E-state index in [1.54, 1.807) is 19.1 Å². The first-order valence-electron chi connectivity index (χ1n) is 20.1. The molecule has 55 heavy (non-hydrogen) atoms. The molecule has 0 radical (unpaired) electrons. The number of piperazine rings is 1. The van der Waals surface area contributed by atoms with Gasteiger partial charge in [0.15, 0.2) is 22.8 Å². The van der Waals surface area contributed by atoms with Crippen LogP contribution in [0.5, 0.6) is 17.2 Å². The summed E-state index contributed by atoms with van der Waals surface area (Å²) < 4.78 is 26.7. The molecular formula is C45H58N2O8. The first-order chi connectivity index (χ1) is 26.0. The predicted molar refractivity (Wildman–Crippen MR) is 212 cm³/mol. The number of nitrogens with zero attached hydrogens (tertiary/aromatic N) is 1. The van der Waals surface area contributed by atoms with Gasteiger partial charge in [-0.1, -0.05) is 35.5 Å². The van der Waals surface area contributed by atoms with Crippen LogP contribution in [-0.4, -0.2) is 89.3 Å². The standard InChI is InChI=1S/C45H58N2O8/c1-27(2)11-9-16-43(8)17-15-31-36(48)35-37(49)33-25-30-26-34-42(6,7)55-44(40(30)50,45(33,34)54-39(35)32(38(31)53-43)13-12-28(3)4)18-14-29(5)41(51)52-24-10-21-47-22-19-46-20-23-47/h11-12,14-15,17,25,30,34,46,48H,9-10,13,16,18-24,26H2,1-8H3/b29-14-. The van der Waals surface area contributed by atoms with E-state index in [9.17, 15) is 19.5 Å². The van der Waals surface area contributed by atoms with Crippen LogP contribution in [0.4, 0.5) is 0 Å². The Kier molecular flexibility index (Phi) is 10.4. The molecule has 4 bridgehead atoms. The molecule has 8 rings (SSSR count). The van der Waals surface area contributed by atoms with Crippen LogP contribution in [0.1, 0.15) is 109 Å². The van der Waals surface area contributed by atoms with Gasteiger partial charge in [-0.25, -0.2) is 4.79 Å². The number of hydrogen-bond acceptors (Lipinski definition) is 10. The van der Waals surface area contributed by atoms with Crippen LogP contribution < -0.4 is 14.8 Å². The number of nitrogens with one attached hydrogen (secondary N) is 1. The van der Waals surface area contributed by atoms with E-state index in [0.29, 0.717) is 53.9 Å². The van der Waals surface area contributed by atoms with Crippen LogP contribution in [0.3, 0.4) is 0 Å². The summed E-state index contributed by atoms with van der Waals surface area (Å²) >= 11 is 0. The maximum atomic E-state index is 15.0. The summed E-state index contributed by atoms with van der Waals surface area (Å²) in [5, 5.41) is 15.3. The Morgan fingerprint density at radius 2 is 1.75 bits per heavy atom. The molecule has 0 aromatic heterocycles. The first-order valence-corrected chi connectivity index (χ1v) is 20.1. The number of esters is 1. The van der Waals surface area contributed by atoms with Crippen molar-refractivity contribution in [2.45, 2.75) is 116 Å². The molecule has 1 spiro atoms. The average Bonchev–Trinajstić information content (AvgIpc) is 3.29. The fourth-order valence-electron chi connectivity index (χ4n) is 9.67. The molecule has 10 heteroatoms.